The number of aromatic nitrogens is 1. The second-order valence-corrected chi connectivity index (χ2v) is 2.44. The van der Waals surface area contributed by atoms with Crippen LogP contribution >= 0.6 is 0 Å². The minimum atomic E-state index is -0.277. The summed E-state index contributed by atoms with van der Waals surface area (Å²) >= 11 is 0. The van der Waals surface area contributed by atoms with Gasteiger partial charge in [-0.25, -0.2) is 0 Å². The van der Waals surface area contributed by atoms with Crippen LogP contribution in [0.3, 0.4) is 0 Å². The number of anilines is 2. The standard InChI is InChI=1S/C7H9N3O3/c1-4(11)8-6-3-13-10-7(6)9-5(2)12/h3H,1-2H3,(H,8,11)(H,9,10,12). The van der Waals surface area contributed by atoms with E-state index in [1.54, 1.807) is 0 Å². The number of amides is 2. The molecule has 13 heavy (non-hydrogen) atoms. The molecule has 0 atom stereocenters. The summed E-state index contributed by atoms with van der Waals surface area (Å²) in [6.45, 7) is 2.69. The Hall–Kier alpha value is -1.85. The van der Waals surface area contributed by atoms with E-state index in [1.807, 2.05) is 0 Å². The van der Waals surface area contributed by atoms with Crippen LogP contribution in [0.15, 0.2) is 10.8 Å². The van der Waals surface area contributed by atoms with Crippen molar-refractivity contribution in [3.05, 3.63) is 6.26 Å². The summed E-state index contributed by atoms with van der Waals surface area (Å²) in [6.07, 6.45) is 1.24. The Balaban J connectivity index is 2.76. The average Bonchev–Trinajstić information content (AvgIpc) is 2.34. The fourth-order valence-corrected chi connectivity index (χ4v) is 0.772. The molecule has 1 heterocycles. The third-order valence-electron chi connectivity index (χ3n) is 1.17. The van der Waals surface area contributed by atoms with E-state index in [1.165, 1.54) is 20.1 Å². The van der Waals surface area contributed by atoms with Crippen LogP contribution in [0, 0.1) is 0 Å². The number of carbonyl (C=O) groups is 2. The minimum absolute atomic E-state index is 0.211. The molecule has 2 N–H and O–H groups in total. The van der Waals surface area contributed by atoms with E-state index in [0.717, 1.165) is 0 Å². The number of nitrogens with zero attached hydrogens (tertiary/aromatic N) is 1. The van der Waals surface area contributed by atoms with Crippen LogP contribution in [-0.4, -0.2) is 17.0 Å². The van der Waals surface area contributed by atoms with Gasteiger partial charge in [0.2, 0.25) is 11.8 Å². The highest BCUT2D eigenvalue weighted by atomic mass is 16.5. The lowest BCUT2D eigenvalue weighted by atomic mass is 10.4. The zero-order valence-corrected chi connectivity index (χ0v) is 7.25. The molecule has 0 aliphatic rings. The van der Waals surface area contributed by atoms with E-state index in [-0.39, 0.29) is 17.6 Å². The highest BCUT2D eigenvalue weighted by molar-refractivity contribution is 5.96. The molecule has 0 spiro atoms. The first-order valence-corrected chi connectivity index (χ1v) is 3.59. The van der Waals surface area contributed by atoms with Gasteiger partial charge in [-0.1, -0.05) is 5.16 Å². The number of rotatable bonds is 2. The van der Waals surface area contributed by atoms with E-state index in [9.17, 15) is 9.59 Å². The first-order chi connectivity index (χ1) is 6.09. The largest absolute Gasteiger partial charge is 0.360 e. The lowest BCUT2D eigenvalue weighted by Crippen LogP contribution is -2.11. The molecule has 1 rings (SSSR count). The van der Waals surface area contributed by atoms with Gasteiger partial charge in [0.1, 0.15) is 12.0 Å². The molecule has 0 fully saturated rings. The fourth-order valence-electron chi connectivity index (χ4n) is 0.772. The highest BCUT2D eigenvalue weighted by Gasteiger charge is 2.09. The SMILES string of the molecule is CC(=O)Nc1conc1NC(C)=O. The van der Waals surface area contributed by atoms with Gasteiger partial charge in [0.25, 0.3) is 0 Å². The van der Waals surface area contributed by atoms with Crippen LogP contribution in [0.5, 0.6) is 0 Å². The van der Waals surface area contributed by atoms with E-state index < -0.39 is 0 Å². The lowest BCUT2D eigenvalue weighted by molar-refractivity contribution is -0.115. The van der Waals surface area contributed by atoms with Crippen molar-refractivity contribution in [2.75, 3.05) is 10.6 Å². The predicted molar refractivity (Wildman–Crippen MR) is 45.1 cm³/mol. The zero-order chi connectivity index (χ0) is 9.84. The summed E-state index contributed by atoms with van der Waals surface area (Å²) in [5.74, 6) is -0.321. The summed E-state index contributed by atoms with van der Waals surface area (Å²) in [6, 6.07) is 0. The van der Waals surface area contributed by atoms with E-state index in [0.29, 0.717) is 5.69 Å². The van der Waals surface area contributed by atoms with E-state index >= 15 is 0 Å². The Morgan fingerprint density at radius 1 is 1.31 bits per heavy atom. The normalized spacial score (nSPS) is 9.38. The highest BCUT2D eigenvalue weighted by Crippen LogP contribution is 2.18. The van der Waals surface area contributed by atoms with Crippen molar-refractivity contribution in [2.45, 2.75) is 13.8 Å². The molecule has 2 amide bonds. The first kappa shape index (κ1) is 9.24. The Morgan fingerprint density at radius 3 is 2.46 bits per heavy atom. The van der Waals surface area contributed by atoms with Gasteiger partial charge in [-0.3, -0.25) is 9.59 Å². The molecular formula is C7H9N3O3. The van der Waals surface area contributed by atoms with Crippen molar-refractivity contribution >= 4 is 23.3 Å². The summed E-state index contributed by atoms with van der Waals surface area (Å²) in [5, 5.41) is 8.34. The molecule has 0 unspecified atom stereocenters. The molecule has 6 nitrogen and oxygen atoms in total. The maximum absolute atomic E-state index is 10.7. The number of carbonyl (C=O) groups excluding carboxylic acids is 2. The molecule has 0 radical (unpaired) electrons. The second kappa shape index (κ2) is 3.70. The molecule has 0 saturated heterocycles. The van der Waals surface area contributed by atoms with Crippen LogP contribution in [0.25, 0.3) is 0 Å². The molecule has 0 bridgehead atoms. The molecule has 0 aliphatic carbocycles. The van der Waals surface area contributed by atoms with Crippen molar-refractivity contribution < 1.29 is 14.1 Å². The third kappa shape index (κ3) is 2.58. The monoisotopic (exact) mass is 183 g/mol. The quantitative estimate of drug-likeness (QED) is 0.702. The predicted octanol–water partition coefficient (Wildman–Crippen LogP) is 0.591. The summed E-state index contributed by atoms with van der Waals surface area (Å²) in [7, 11) is 0. The molecule has 6 heteroatoms. The maximum Gasteiger partial charge on any atom is 0.222 e. The minimum Gasteiger partial charge on any atom is -0.360 e. The number of hydrogen-bond donors (Lipinski definition) is 2. The van der Waals surface area contributed by atoms with Crippen molar-refractivity contribution in [1.29, 1.82) is 0 Å². The van der Waals surface area contributed by atoms with Gasteiger partial charge in [0.05, 0.1) is 0 Å². The lowest BCUT2D eigenvalue weighted by Gasteiger charge is -2.00. The van der Waals surface area contributed by atoms with Gasteiger partial charge in [-0.05, 0) is 0 Å². The van der Waals surface area contributed by atoms with Gasteiger partial charge >= 0.3 is 0 Å². The molecule has 1 aromatic rings. The van der Waals surface area contributed by atoms with Gasteiger partial charge in [0.15, 0.2) is 5.82 Å². The molecular weight excluding hydrogens is 174 g/mol. The average molecular weight is 183 g/mol. The first-order valence-electron chi connectivity index (χ1n) is 3.59. The van der Waals surface area contributed by atoms with Crippen LogP contribution < -0.4 is 10.6 Å². The van der Waals surface area contributed by atoms with Gasteiger partial charge in [0, 0.05) is 13.8 Å². The molecule has 0 saturated carbocycles. The van der Waals surface area contributed by atoms with Gasteiger partial charge in [-0.15, -0.1) is 0 Å². The van der Waals surface area contributed by atoms with Crippen LogP contribution in [0.1, 0.15) is 13.8 Å². The topological polar surface area (TPSA) is 84.2 Å². The second-order valence-electron chi connectivity index (χ2n) is 2.44. The van der Waals surface area contributed by atoms with Crippen molar-refractivity contribution in [3.8, 4) is 0 Å². The summed E-state index contributed by atoms with van der Waals surface area (Å²) in [4.78, 5) is 21.3. The zero-order valence-electron chi connectivity index (χ0n) is 7.25. The van der Waals surface area contributed by atoms with Crippen LogP contribution in [0.2, 0.25) is 0 Å². The van der Waals surface area contributed by atoms with E-state index in [2.05, 4.69) is 20.3 Å². The van der Waals surface area contributed by atoms with Crippen LogP contribution in [0.4, 0.5) is 11.5 Å². The number of hydrogen-bond acceptors (Lipinski definition) is 4. The fraction of sp³-hybridized carbons (Fsp3) is 0.286. The molecule has 0 aliphatic heterocycles. The van der Waals surface area contributed by atoms with Crippen molar-refractivity contribution in [2.24, 2.45) is 0 Å². The van der Waals surface area contributed by atoms with Gasteiger partial charge in [-0.2, -0.15) is 0 Å². The van der Waals surface area contributed by atoms with E-state index in [4.69, 9.17) is 0 Å². The molecule has 1 aromatic heterocycles. The Kier molecular flexibility index (Phi) is 2.63. The summed E-state index contributed by atoms with van der Waals surface area (Å²) in [5.41, 5.74) is 0.350. The Morgan fingerprint density at radius 2 is 1.92 bits per heavy atom. The van der Waals surface area contributed by atoms with Crippen molar-refractivity contribution in [3.63, 3.8) is 0 Å². The van der Waals surface area contributed by atoms with Gasteiger partial charge < -0.3 is 15.2 Å². The summed E-state index contributed by atoms with van der Waals surface area (Å²) < 4.78 is 4.57. The Bertz CT molecular complexity index is 301. The molecule has 70 valence electrons. The maximum atomic E-state index is 10.7. The molecule has 0 aromatic carbocycles. The third-order valence-corrected chi connectivity index (χ3v) is 1.17. The van der Waals surface area contributed by atoms with Crippen LogP contribution in [-0.2, 0) is 9.59 Å². The van der Waals surface area contributed by atoms with Crippen molar-refractivity contribution in [1.82, 2.24) is 5.16 Å². The number of nitrogens with one attached hydrogen (secondary N) is 2. The Labute approximate surface area is 74.3 Å². The smallest absolute Gasteiger partial charge is 0.222 e.